The van der Waals surface area contributed by atoms with E-state index in [2.05, 4.69) is 25.8 Å². The predicted molar refractivity (Wildman–Crippen MR) is 75.9 cm³/mol. The van der Waals surface area contributed by atoms with Crippen molar-refractivity contribution < 1.29 is 14.7 Å². The number of hydrogen-bond acceptors (Lipinski definition) is 5. The van der Waals surface area contributed by atoms with Gasteiger partial charge in [0.25, 0.3) is 0 Å². The lowest BCUT2D eigenvalue weighted by Gasteiger charge is -2.13. The van der Waals surface area contributed by atoms with E-state index in [0.29, 0.717) is 24.3 Å². The Morgan fingerprint density at radius 2 is 2.33 bits per heavy atom. The number of H-pyrrole nitrogens is 1. The van der Waals surface area contributed by atoms with Crippen LogP contribution in [0.2, 0.25) is 0 Å². The minimum atomic E-state index is -1.09. The molecule has 2 aromatic heterocycles. The maximum absolute atomic E-state index is 11.7. The first-order chi connectivity index (χ1) is 10.2. The summed E-state index contributed by atoms with van der Waals surface area (Å²) < 4.78 is 0. The Bertz CT molecular complexity index is 570. The topological polar surface area (TPSA) is 120 Å². The van der Waals surface area contributed by atoms with E-state index in [9.17, 15) is 9.59 Å². The van der Waals surface area contributed by atoms with Crippen molar-refractivity contribution >= 4 is 23.3 Å². The molecule has 0 aliphatic heterocycles. The number of thiophene rings is 1. The van der Waals surface area contributed by atoms with Crippen LogP contribution in [0, 0.1) is 0 Å². The van der Waals surface area contributed by atoms with Gasteiger partial charge in [-0.3, -0.25) is 5.10 Å². The molecule has 4 N–H and O–H groups in total. The SMILES string of the molecule is O=C(NCCCc1ncn[nH]1)NC(C(=O)O)c1cccs1. The minimum Gasteiger partial charge on any atom is -0.479 e. The van der Waals surface area contributed by atoms with Crippen LogP contribution < -0.4 is 10.6 Å². The van der Waals surface area contributed by atoms with Gasteiger partial charge in [-0.15, -0.1) is 11.3 Å². The van der Waals surface area contributed by atoms with Crippen molar-refractivity contribution in [2.75, 3.05) is 6.54 Å². The third-order valence-corrected chi connectivity index (χ3v) is 3.63. The van der Waals surface area contributed by atoms with Crippen molar-refractivity contribution in [3.8, 4) is 0 Å². The number of nitrogens with one attached hydrogen (secondary N) is 3. The summed E-state index contributed by atoms with van der Waals surface area (Å²) in [5, 5.41) is 22.4. The second-order valence-corrected chi connectivity index (χ2v) is 5.20. The van der Waals surface area contributed by atoms with E-state index >= 15 is 0 Å². The summed E-state index contributed by atoms with van der Waals surface area (Å²) >= 11 is 1.29. The van der Waals surface area contributed by atoms with Crippen molar-refractivity contribution in [1.82, 2.24) is 25.8 Å². The average molecular weight is 309 g/mol. The molecular formula is C12H15N5O3S. The van der Waals surface area contributed by atoms with Crippen molar-refractivity contribution in [1.29, 1.82) is 0 Å². The summed E-state index contributed by atoms with van der Waals surface area (Å²) in [6, 6.07) is 1.88. The Morgan fingerprint density at radius 1 is 1.48 bits per heavy atom. The summed E-state index contributed by atoms with van der Waals surface area (Å²) in [6.07, 6.45) is 2.76. The summed E-state index contributed by atoms with van der Waals surface area (Å²) in [6.45, 7) is 0.420. The van der Waals surface area contributed by atoms with Crippen LogP contribution in [0.5, 0.6) is 0 Å². The van der Waals surface area contributed by atoms with E-state index in [-0.39, 0.29) is 0 Å². The van der Waals surface area contributed by atoms with Crippen LogP contribution in [0.4, 0.5) is 4.79 Å². The lowest BCUT2D eigenvalue weighted by atomic mass is 10.2. The number of carbonyl (C=O) groups excluding carboxylic acids is 1. The van der Waals surface area contributed by atoms with E-state index in [1.807, 2.05) is 0 Å². The number of carboxylic acids is 1. The molecule has 0 spiro atoms. The van der Waals surface area contributed by atoms with Crippen LogP contribution in [-0.2, 0) is 11.2 Å². The molecule has 0 aliphatic carbocycles. The van der Waals surface area contributed by atoms with Gasteiger partial charge in [0, 0.05) is 17.8 Å². The van der Waals surface area contributed by atoms with E-state index in [4.69, 9.17) is 5.11 Å². The molecule has 112 valence electrons. The maximum Gasteiger partial charge on any atom is 0.331 e. The van der Waals surface area contributed by atoms with Crippen LogP contribution in [0.3, 0.4) is 0 Å². The second kappa shape index (κ2) is 7.39. The average Bonchev–Trinajstić information content (AvgIpc) is 3.13. The second-order valence-electron chi connectivity index (χ2n) is 4.22. The number of aromatic nitrogens is 3. The molecule has 2 aromatic rings. The van der Waals surface area contributed by atoms with Gasteiger partial charge in [0.05, 0.1) is 0 Å². The Kier molecular flexibility index (Phi) is 5.27. The Morgan fingerprint density at radius 3 is 2.95 bits per heavy atom. The fourth-order valence-electron chi connectivity index (χ4n) is 1.70. The molecule has 0 bridgehead atoms. The zero-order valence-corrected chi connectivity index (χ0v) is 11.9. The van der Waals surface area contributed by atoms with Crippen molar-refractivity contribution in [2.45, 2.75) is 18.9 Å². The third-order valence-electron chi connectivity index (χ3n) is 2.69. The van der Waals surface area contributed by atoms with Crippen LogP contribution in [0.15, 0.2) is 23.8 Å². The molecule has 1 atom stereocenters. The molecule has 21 heavy (non-hydrogen) atoms. The molecule has 0 fully saturated rings. The smallest absolute Gasteiger partial charge is 0.331 e. The number of aromatic amines is 1. The highest BCUT2D eigenvalue weighted by molar-refractivity contribution is 7.10. The highest BCUT2D eigenvalue weighted by atomic mass is 32.1. The lowest BCUT2D eigenvalue weighted by molar-refractivity contribution is -0.139. The van der Waals surface area contributed by atoms with E-state index in [0.717, 1.165) is 5.82 Å². The number of nitrogens with zero attached hydrogens (tertiary/aromatic N) is 2. The molecule has 0 radical (unpaired) electrons. The van der Waals surface area contributed by atoms with Gasteiger partial charge < -0.3 is 15.7 Å². The number of carboxylic acid groups (broad SMARTS) is 1. The normalized spacial score (nSPS) is 11.8. The predicted octanol–water partition coefficient (Wildman–Crippen LogP) is 0.924. The molecule has 0 aromatic carbocycles. The van der Waals surface area contributed by atoms with Crippen LogP contribution in [-0.4, -0.2) is 38.8 Å². The van der Waals surface area contributed by atoms with Crippen LogP contribution in [0.1, 0.15) is 23.2 Å². The molecule has 8 nitrogen and oxygen atoms in total. The minimum absolute atomic E-state index is 0.420. The largest absolute Gasteiger partial charge is 0.479 e. The Labute approximate surface area is 124 Å². The first-order valence-corrected chi connectivity index (χ1v) is 7.19. The van der Waals surface area contributed by atoms with Gasteiger partial charge >= 0.3 is 12.0 Å². The van der Waals surface area contributed by atoms with Crippen LogP contribution >= 0.6 is 11.3 Å². The fourth-order valence-corrected chi connectivity index (χ4v) is 2.47. The monoisotopic (exact) mass is 309 g/mol. The van der Waals surface area contributed by atoms with E-state index < -0.39 is 18.0 Å². The number of carbonyl (C=O) groups is 2. The number of rotatable bonds is 7. The Balaban J connectivity index is 1.74. The van der Waals surface area contributed by atoms with Gasteiger partial charge in [-0.2, -0.15) is 5.10 Å². The number of amides is 2. The molecule has 0 aliphatic rings. The zero-order valence-electron chi connectivity index (χ0n) is 11.1. The van der Waals surface area contributed by atoms with Crippen molar-refractivity contribution in [3.05, 3.63) is 34.5 Å². The highest BCUT2D eigenvalue weighted by Crippen LogP contribution is 2.18. The highest BCUT2D eigenvalue weighted by Gasteiger charge is 2.22. The van der Waals surface area contributed by atoms with Crippen molar-refractivity contribution in [2.24, 2.45) is 0 Å². The quantitative estimate of drug-likeness (QED) is 0.567. The van der Waals surface area contributed by atoms with Gasteiger partial charge in [-0.25, -0.2) is 14.6 Å². The summed E-state index contributed by atoms with van der Waals surface area (Å²) in [5.74, 6) is -0.339. The first kappa shape index (κ1) is 15.0. The van der Waals surface area contributed by atoms with Gasteiger partial charge in [-0.1, -0.05) is 6.07 Å². The van der Waals surface area contributed by atoms with E-state index in [1.54, 1.807) is 17.5 Å². The molecule has 2 rings (SSSR count). The molecule has 0 saturated carbocycles. The standard InChI is InChI=1S/C12H15N5O3S/c18-11(19)10(8-3-2-6-21-8)16-12(20)13-5-1-4-9-14-7-15-17-9/h2-3,6-7,10H,1,4-5H2,(H,18,19)(H2,13,16,20)(H,14,15,17). The number of hydrogen-bond donors (Lipinski definition) is 4. The van der Waals surface area contributed by atoms with Gasteiger partial charge in [0.1, 0.15) is 12.2 Å². The number of aliphatic carboxylic acids is 1. The number of urea groups is 1. The molecule has 2 amide bonds. The first-order valence-electron chi connectivity index (χ1n) is 6.31. The summed E-state index contributed by atoms with van der Waals surface area (Å²) in [4.78, 5) is 27.4. The number of aryl methyl sites for hydroxylation is 1. The zero-order chi connectivity index (χ0) is 15.1. The molecular weight excluding hydrogens is 294 g/mol. The molecule has 1 unspecified atom stereocenters. The van der Waals surface area contributed by atoms with Gasteiger partial charge in [0.2, 0.25) is 0 Å². The van der Waals surface area contributed by atoms with E-state index in [1.165, 1.54) is 17.7 Å². The lowest BCUT2D eigenvalue weighted by Crippen LogP contribution is -2.41. The van der Waals surface area contributed by atoms with Gasteiger partial charge in [-0.05, 0) is 17.9 Å². The van der Waals surface area contributed by atoms with Gasteiger partial charge in [0.15, 0.2) is 6.04 Å². The summed E-state index contributed by atoms with van der Waals surface area (Å²) in [5.41, 5.74) is 0. The molecule has 9 heteroatoms. The molecule has 2 heterocycles. The maximum atomic E-state index is 11.7. The van der Waals surface area contributed by atoms with Crippen molar-refractivity contribution in [3.63, 3.8) is 0 Å². The van der Waals surface area contributed by atoms with Crippen LogP contribution in [0.25, 0.3) is 0 Å². The Hall–Kier alpha value is -2.42. The third kappa shape index (κ3) is 4.56. The fraction of sp³-hybridized carbons (Fsp3) is 0.333. The summed E-state index contributed by atoms with van der Waals surface area (Å²) in [7, 11) is 0. The molecule has 0 saturated heterocycles.